The van der Waals surface area contributed by atoms with Gasteiger partial charge in [0, 0.05) is 11.6 Å². The Morgan fingerprint density at radius 3 is 2.69 bits per heavy atom. The third-order valence-corrected chi connectivity index (χ3v) is 2.87. The van der Waals surface area contributed by atoms with Crippen molar-refractivity contribution in [3.05, 3.63) is 50.7 Å². The Morgan fingerprint density at radius 1 is 1.31 bits per heavy atom. The second kappa shape index (κ2) is 4.24. The number of thiophene rings is 1. The number of rotatable bonds is 3. The van der Waals surface area contributed by atoms with E-state index >= 15 is 0 Å². The summed E-state index contributed by atoms with van der Waals surface area (Å²) in [6, 6.07) is 6.28. The zero-order valence-corrected chi connectivity index (χ0v) is 8.94. The Labute approximate surface area is 95.3 Å². The van der Waals surface area contributed by atoms with E-state index in [1.54, 1.807) is 12.1 Å². The largest absolute Gasteiger partial charge is 0.298 e. The number of hydrogen-bond donors (Lipinski definition) is 0. The number of nitro groups is 1. The molecule has 5 heteroatoms. The molecule has 0 amide bonds. The van der Waals surface area contributed by atoms with Crippen molar-refractivity contribution in [2.24, 2.45) is 0 Å². The lowest BCUT2D eigenvalue weighted by atomic mass is 10.0. The van der Waals surface area contributed by atoms with Gasteiger partial charge in [0.1, 0.15) is 6.29 Å². The predicted octanol–water partition coefficient (Wildman–Crippen LogP) is 3.14. The minimum absolute atomic E-state index is 0.0389. The van der Waals surface area contributed by atoms with E-state index in [9.17, 15) is 14.9 Å². The molecule has 2 rings (SSSR count). The lowest BCUT2D eigenvalue weighted by Gasteiger charge is -2.00. The van der Waals surface area contributed by atoms with E-state index in [-0.39, 0.29) is 5.69 Å². The van der Waals surface area contributed by atoms with E-state index in [2.05, 4.69) is 0 Å². The van der Waals surface area contributed by atoms with Crippen LogP contribution in [0.2, 0.25) is 0 Å². The van der Waals surface area contributed by atoms with Crippen LogP contribution in [0, 0.1) is 10.1 Å². The van der Waals surface area contributed by atoms with Crippen LogP contribution in [-0.2, 0) is 0 Å². The van der Waals surface area contributed by atoms with Crippen molar-refractivity contribution in [3.8, 4) is 11.1 Å². The monoisotopic (exact) mass is 233 g/mol. The summed E-state index contributed by atoms with van der Waals surface area (Å²) in [7, 11) is 0. The molecule has 0 aliphatic carbocycles. The maximum Gasteiger partial charge on any atom is 0.277 e. The molecule has 1 heterocycles. The molecular weight excluding hydrogens is 226 g/mol. The first kappa shape index (κ1) is 10.5. The van der Waals surface area contributed by atoms with Crippen LogP contribution in [0.25, 0.3) is 11.1 Å². The molecule has 0 fully saturated rings. The van der Waals surface area contributed by atoms with Gasteiger partial charge in [-0.05, 0) is 28.5 Å². The normalized spacial score (nSPS) is 10.0. The first-order valence-electron chi connectivity index (χ1n) is 4.48. The highest BCUT2D eigenvalue weighted by Gasteiger charge is 2.15. The van der Waals surface area contributed by atoms with Crippen molar-refractivity contribution in [1.82, 2.24) is 0 Å². The molecule has 0 N–H and O–H groups in total. The molecule has 0 spiro atoms. The second-order valence-electron chi connectivity index (χ2n) is 3.16. The minimum atomic E-state index is -0.472. The third kappa shape index (κ3) is 1.85. The number of nitro benzene ring substituents is 1. The number of hydrogen-bond acceptors (Lipinski definition) is 4. The Bertz CT molecular complexity index is 534. The lowest BCUT2D eigenvalue weighted by molar-refractivity contribution is -0.384. The van der Waals surface area contributed by atoms with Gasteiger partial charge in [0.15, 0.2) is 0 Å². The summed E-state index contributed by atoms with van der Waals surface area (Å²) >= 11 is 1.47. The van der Waals surface area contributed by atoms with E-state index in [1.165, 1.54) is 17.4 Å². The molecular formula is C11H7NO3S. The zero-order chi connectivity index (χ0) is 11.5. The lowest BCUT2D eigenvalue weighted by Crippen LogP contribution is -1.93. The van der Waals surface area contributed by atoms with Crippen LogP contribution in [0.4, 0.5) is 5.69 Å². The molecule has 0 aliphatic rings. The Kier molecular flexibility index (Phi) is 2.78. The molecule has 1 aromatic heterocycles. The van der Waals surface area contributed by atoms with E-state index in [4.69, 9.17) is 0 Å². The molecule has 0 saturated heterocycles. The number of carbonyl (C=O) groups is 1. The first-order chi connectivity index (χ1) is 7.72. The first-order valence-corrected chi connectivity index (χ1v) is 5.43. The number of carbonyl (C=O) groups excluding carboxylic acids is 1. The molecule has 2 aromatic rings. The Hall–Kier alpha value is -2.01. The van der Waals surface area contributed by atoms with Gasteiger partial charge in [-0.3, -0.25) is 14.9 Å². The summed E-state index contributed by atoms with van der Waals surface area (Å²) < 4.78 is 0. The Balaban J connectivity index is 2.61. The van der Waals surface area contributed by atoms with Crippen LogP contribution < -0.4 is 0 Å². The van der Waals surface area contributed by atoms with Gasteiger partial charge in [-0.2, -0.15) is 11.3 Å². The smallest absolute Gasteiger partial charge is 0.277 e. The molecule has 1 aromatic carbocycles. The van der Waals surface area contributed by atoms with Crippen LogP contribution in [0.15, 0.2) is 35.0 Å². The summed E-state index contributed by atoms with van der Waals surface area (Å²) in [5.74, 6) is 0. The summed E-state index contributed by atoms with van der Waals surface area (Å²) in [4.78, 5) is 21.0. The summed E-state index contributed by atoms with van der Waals surface area (Å²) in [6.45, 7) is 0. The van der Waals surface area contributed by atoms with Gasteiger partial charge in [0.25, 0.3) is 5.69 Å². The average Bonchev–Trinajstić information content (AvgIpc) is 2.81. The van der Waals surface area contributed by atoms with E-state index in [1.807, 2.05) is 16.8 Å². The van der Waals surface area contributed by atoms with Gasteiger partial charge in [-0.25, -0.2) is 0 Å². The van der Waals surface area contributed by atoms with Crippen molar-refractivity contribution in [2.75, 3.05) is 0 Å². The standard InChI is InChI=1S/C11H7NO3S/c13-6-8-1-2-10(9-3-4-16-7-9)11(5-8)12(14)15/h1-7H. The predicted molar refractivity (Wildman–Crippen MR) is 61.8 cm³/mol. The van der Waals surface area contributed by atoms with Gasteiger partial charge in [0.2, 0.25) is 0 Å². The molecule has 0 atom stereocenters. The minimum Gasteiger partial charge on any atom is -0.298 e. The highest BCUT2D eigenvalue weighted by atomic mass is 32.1. The quantitative estimate of drug-likeness (QED) is 0.465. The fourth-order valence-electron chi connectivity index (χ4n) is 1.43. The van der Waals surface area contributed by atoms with Crippen LogP contribution in [0.5, 0.6) is 0 Å². The SMILES string of the molecule is O=Cc1ccc(-c2ccsc2)c([N+](=O)[O-])c1. The molecule has 0 radical (unpaired) electrons. The van der Waals surface area contributed by atoms with Crippen LogP contribution >= 0.6 is 11.3 Å². The van der Waals surface area contributed by atoms with Crippen molar-refractivity contribution in [2.45, 2.75) is 0 Å². The maximum absolute atomic E-state index is 10.9. The fraction of sp³-hybridized carbons (Fsp3) is 0. The van der Waals surface area contributed by atoms with Crippen molar-refractivity contribution in [1.29, 1.82) is 0 Å². The molecule has 16 heavy (non-hydrogen) atoms. The van der Waals surface area contributed by atoms with Gasteiger partial charge < -0.3 is 0 Å². The number of aldehydes is 1. The van der Waals surface area contributed by atoms with E-state index in [0.717, 1.165) is 5.56 Å². The summed E-state index contributed by atoms with van der Waals surface area (Å²) in [5.41, 5.74) is 1.61. The Morgan fingerprint density at radius 2 is 2.12 bits per heavy atom. The van der Waals surface area contributed by atoms with Gasteiger partial charge in [0.05, 0.1) is 10.5 Å². The van der Waals surface area contributed by atoms with Gasteiger partial charge in [-0.15, -0.1) is 0 Å². The van der Waals surface area contributed by atoms with Crippen molar-refractivity contribution >= 4 is 23.3 Å². The number of benzene rings is 1. The molecule has 0 saturated carbocycles. The van der Waals surface area contributed by atoms with Gasteiger partial charge >= 0.3 is 0 Å². The zero-order valence-electron chi connectivity index (χ0n) is 8.12. The molecule has 80 valence electrons. The van der Waals surface area contributed by atoms with E-state index in [0.29, 0.717) is 17.4 Å². The third-order valence-electron chi connectivity index (χ3n) is 2.19. The molecule has 0 unspecified atom stereocenters. The van der Waals surface area contributed by atoms with Crippen LogP contribution in [0.3, 0.4) is 0 Å². The summed E-state index contributed by atoms with van der Waals surface area (Å²) in [6.07, 6.45) is 0.602. The second-order valence-corrected chi connectivity index (χ2v) is 3.94. The average molecular weight is 233 g/mol. The highest BCUT2D eigenvalue weighted by molar-refractivity contribution is 7.08. The van der Waals surface area contributed by atoms with Crippen LogP contribution in [-0.4, -0.2) is 11.2 Å². The number of nitrogens with zero attached hydrogens (tertiary/aromatic N) is 1. The topological polar surface area (TPSA) is 60.2 Å². The molecule has 0 aliphatic heterocycles. The fourth-order valence-corrected chi connectivity index (χ4v) is 2.09. The van der Waals surface area contributed by atoms with Gasteiger partial charge in [-0.1, -0.05) is 6.07 Å². The van der Waals surface area contributed by atoms with E-state index < -0.39 is 4.92 Å². The van der Waals surface area contributed by atoms with Crippen molar-refractivity contribution in [3.63, 3.8) is 0 Å². The highest BCUT2D eigenvalue weighted by Crippen LogP contribution is 2.31. The van der Waals surface area contributed by atoms with Crippen molar-refractivity contribution < 1.29 is 9.72 Å². The summed E-state index contributed by atoms with van der Waals surface area (Å²) in [5, 5.41) is 14.6. The van der Waals surface area contributed by atoms with Crippen LogP contribution in [0.1, 0.15) is 10.4 Å². The molecule has 4 nitrogen and oxygen atoms in total. The maximum atomic E-state index is 10.9. The molecule has 0 bridgehead atoms.